The molecule has 6 nitrogen and oxygen atoms in total. The van der Waals surface area contributed by atoms with Gasteiger partial charge in [-0.25, -0.2) is 0 Å². The molecule has 0 fully saturated rings. The van der Waals surface area contributed by atoms with Crippen molar-refractivity contribution in [2.24, 2.45) is 0 Å². The fourth-order valence-corrected chi connectivity index (χ4v) is 11.7. The highest BCUT2D eigenvalue weighted by Crippen LogP contribution is 2.19. The van der Waals surface area contributed by atoms with Crippen LogP contribution in [0.3, 0.4) is 0 Å². The molecule has 0 spiro atoms. The Kier molecular flexibility index (Phi) is 69.9. The standard InChI is InChI=1S/C76H145NO5/c1-3-5-7-9-11-13-15-17-19-20-37-41-44-48-52-56-60-64-68-74(79)73(72-78)77-75(80)69-65-61-57-53-49-45-42-38-35-33-31-29-27-25-23-21-22-24-26-28-30-32-34-36-39-43-47-51-55-59-63-67-71-82-76(81)70-66-62-58-54-50-46-40-18-16-14-12-10-8-6-4-2/h18,24,26,40,64,68,73-74,78-79H,3-17,19-23,25,27-39,41-63,65-67,69-72H2,1-2H3,(H,77,80)/b26-24-,40-18-,68-64+. The van der Waals surface area contributed by atoms with Gasteiger partial charge in [-0.3, -0.25) is 9.59 Å². The van der Waals surface area contributed by atoms with Gasteiger partial charge in [0.2, 0.25) is 5.91 Å². The van der Waals surface area contributed by atoms with Gasteiger partial charge in [-0.15, -0.1) is 0 Å². The minimum absolute atomic E-state index is 0.0105. The maximum atomic E-state index is 12.5. The van der Waals surface area contributed by atoms with Gasteiger partial charge in [0, 0.05) is 12.8 Å². The van der Waals surface area contributed by atoms with Crippen molar-refractivity contribution in [1.82, 2.24) is 5.32 Å². The first kappa shape index (κ1) is 80.1. The van der Waals surface area contributed by atoms with E-state index in [0.29, 0.717) is 19.4 Å². The van der Waals surface area contributed by atoms with E-state index in [0.717, 1.165) is 44.9 Å². The number of unbranched alkanes of at least 4 members (excludes halogenated alkanes) is 55. The lowest BCUT2D eigenvalue weighted by atomic mass is 10.0. The Labute approximate surface area is 513 Å². The highest BCUT2D eigenvalue weighted by molar-refractivity contribution is 5.76. The number of allylic oxidation sites excluding steroid dienone is 5. The van der Waals surface area contributed by atoms with Gasteiger partial charge in [0.1, 0.15) is 0 Å². The van der Waals surface area contributed by atoms with Crippen molar-refractivity contribution < 1.29 is 24.5 Å². The van der Waals surface area contributed by atoms with Crippen LogP contribution in [0.25, 0.3) is 0 Å². The second-order valence-corrected chi connectivity index (χ2v) is 25.6. The van der Waals surface area contributed by atoms with E-state index in [9.17, 15) is 19.8 Å². The lowest BCUT2D eigenvalue weighted by Crippen LogP contribution is -2.45. The van der Waals surface area contributed by atoms with E-state index < -0.39 is 12.1 Å². The van der Waals surface area contributed by atoms with Gasteiger partial charge < -0.3 is 20.3 Å². The van der Waals surface area contributed by atoms with Crippen molar-refractivity contribution in [2.75, 3.05) is 13.2 Å². The zero-order chi connectivity index (χ0) is 59.2. The Morgan fingerprint density at radius 2 is 0.573 bits per heavy atom. The summed E-state index contributed by atoms with van der Waals surface area (Å²) in [4.78, 5) is 24.6. The third-order valence-electron chi connectivity index (χ3n) is 17.4. The Balaban J connectivity index is 3.37. The Morgan fingerprint density at radius 3 is 0.866 bits per heavy atom. The number of hydrogen-bond acceptors (Lipinski definition) is 5. The number of amides is 1. The number of nitrogens with one attached hydrogen (secondary N) is 1. The number of carbonyl (C=O) groups excluding carboxylic acids is 2. The average molecular weight is 1150 g/mol. The molecule has 0 aliphatic carbocycles. The van der Waals surface area contributed by atoms with Crippen LogP contribution in [0.15, 0.2) is 36.5 Å². The molecule has 0 aliphatic heterocycles. The molecule has 0 aromatic rings. The molecule has 82 heavy (non-hydrogen) atoms. The van der Waals surface area contributed by atoms with Crippen LogP contribution in [0, 0.1) is 0 Å². The van der Waals surface area contributed by atoms with Gasteiger partial charge in [0.15, 0.2) is 0 Å². The number of rotatable bonds is 70. The predicted molar refractivity (Wildman–Crippen MR) is 361 cm³/mol. The van der Waals surface area contributed by atoms with E-state index in [-0.39, 0.29) is 18.5 Å². The summed E-state index contributed by atoms with van der Waals surface area (Å²) in [6.07, 6.45) is 92.4. The molecule has 0 aromatic heterocycles. The molecule has 484 valence electrons. The summed E-state index contributed by atoms with van der Waals surface area (Å²) in [7, 11) is 0. The number of esters is 1. The number of aliphatic hydroxyl groups excluding tert-OH is 2. The summed E-state index contributed by atoms with van der Waals surface area (Å²) >= 11 is 0. The summed E-state index contributed by atoms with van der Waals surface area (Å²) in [5.41, 5.74) is 0. The van der Waals surface area contributed by atoms with E-state index >= 15 is 0 Å². The summed E-state index contributed by atoms with van der Waals surface area (Å²) in [6, 6.07) is -0.626. The van der Waals surface area contributed by atoms with Crippen molar-refractivity contribution in [3.63, 3.8) is 0 Å². The molecule has 0 radical (unpaired) electrons. The molecular weight excluding hydrogens is 1010 g/mol. The maximum absolute atomic E-state index is 12.5. The van der Waals surface area contributed by atoms with Crippen LogP contribution in [-0.2, 0) is 14.3 Å². The first-order chi connectivity index (χ1) is 40.5. The number of hydrogen-bond donors (Lipinski definition) is 3. The van der Waals surface area contributed by atoms with Gasteiger partial charge in [-0.1, -0.05) is 352 Å². The van der Waals surface area contributed by atoms with E-state index in [2.05, 4.69) is 43.5 Å². The molecule has 0 heterocycles. The normalized spacial score (nSPS) is 12.7. The third-order valence-corrected chi connectivity index (χ3v) is 17.4. The van der Waals surface area contributed by atoms with Crippen LogP contribution in [0.2, 0.25) is 0 Å². The minimum Gasteiger partial charge on any atom is -0.466 e. The topological polar surface area (TPSA) is 95.9 Å². The zero-order valence-electron chi connectivity index (χ0n) is 55.5. The molecule has 1 amide bonds. The number of carbonyl (C=O) groups is 2. The summed E-state index contributed by atoms with van der Waals surface area (Å²) in [5, 5.41) is 23.2. The van der Waals surface area contributed by atoms with E-state index in [1.165, 1.54) is 340 Å². The molecule has 0 rings (SSSR count). The van der Waals surface area contributed by atoms with E-state index in [1.807, 2.05) is 6.08 Å². The van der Waals surface area contributed by atoms with Crippen LogP contribution in [0.5, 0.6) is 0 Å². The van der Waals surface area contributed by atoms with Crippen molar-refractivity contribution in [3.8, 4) is 0 Å². The van der Waals surface area contributed by atoms with Crippen LogP contribution in [-0.4, -0.2) is 47.4 Å². The van der Waals surface area contributed by atoms with Gasteiger partial charge in [0.25, 0.3) is 0 Å². The monoisotopic (exact) mass is 1150 g/mol. The summed E-state index contributed by atoms with van der Waals surface area (Å²) in [6.45, 7) is 4.93. The van der Waals surface area contributed by atoms with Gasteiger partial charge in [-0.2, -0.15) is 0 Å². The van der Waals surface area contributed by atoms with Crippen molar-refractivity contribution in [2.45, 2.75) is 424 Å². The molecule has 6 heteroatoms. The smallest absolute Gasteiger partial charge is 0.305 e. The first-order valence-corrected chi connectivity index (χ1v) is 37.3. The van der Waals surface area contributed by atoms with Gasteiger partial charge >= 0.3 is 5.97 Å². The van der Waals surface area contributed by atoms with Crippen LogP contribution < -0.4 is 5.32 Å². The Morgan fingerprint density at radius 1 is 0.329 bits per heavy atom. The molecule has 2 unspecified atom stereocenters. The van der Waals surface area contributed by atoms with E-state index in [4.69, 9.17) is 4.74 Å². The lowest BCUT2D eigenvalue weighted by Gasteiger charge is -2.20. The maximum Gasteiger partial charge on any atom is 0.305 e. The quantitative estimate of drug-likeness (QED) is 0.0320. The third kappa shape index (κ3) is 67.2. The molecule has 0 bridgehead atoms. The number of ether oxygens (including phenoxy) is 1. The summed E-state index contributed by atoms with van der Waals surface area (Å²) in [5.74, 6) is -0.0515. The fraction of sp³-hybridized carbons (Fsp3) is 0.895. The minimum atomic E-state index is -0.843. The second-order valence-electron chi connectivity index (χ2n) is 25.6. The van der Waals surface area contributed by atoms with Gasteiger partial charge in [-0.05, 0) is 83.5 Å². The van der Waals surface area contributed by atoms with Crippen LogP contribution in [0.4, 0.5) is 0 Å². The molecule has 2 atom stereocenters. The average Bonchev–Trinajstić information content (AvgIpc) is 3.48. The fourth-order valence-electron chi connectivity index (χ4n) is 11.7. The molecule has 0 saturated carbocycles. The largest absolute Gasteiger partial charge is 0.466 e. The molecule has 0 aromatic carbocycles. The van der Waals surface area contributed by atoms with Crippen LogP contribution >= 0.6 is 0 Å². The van der Waals surface area contributed by atoms with Gasteiger partial charge in [0.05, 0.1) is 25.4 Å². The van der Waals surface area contributed by atoms with Crippen LogP contribution in [0.1, 0.15) is 412 Å². The van der Waals surface area contributed by atoms with Crippen molar-refractivity contribution in [1.29, 1.82) is 0 Å². The number of aliphatic hydroxyl groups is 2. The predicted octanol–water partition coefficient (Wildman–Crippen LogP) is 24.3. The first-order valence-electron chi connectivity index (χ1n) is 37.3. The molecule has 0 aliphatic rings. The lowest BCUT2D eigenvalue weighted by molar-refractivity contribution is -0.143. The van der Waals surface area contributed by atoms with E-state index in [1.54, 1.807) is 6.08 Å². The molecular formula is C76H145NO5. The Hall–Kier alpha value is -1.92. The van der Waals surface area contributed by atoms with Crippen molar-refractivity contribution in [3.05, 3.63) is 36.5 Å². The molecule has 3 N–H and O–H groups in total. The SMILES string of the molecule is CCCCCCCC/C=C\CCCCCCCC(=O)OCCCCCCCCCCCCCC/C=C\CCCCCCCCCCCCCCCCCCC(=O)NC(CO)C(O)/C=C/CCCCCCCCCCCCCCCCCC. The highest BCUT2D eigenvalue weighted by Gasteiger charge is 2.18. The molecule has 0 saturated heterocycles. The van der Waals surface area contributed by atoms with Crippen molar-refractivity contribution >= 4 is 11.9 Å². The second kappa shape index (κ2) is 71.6. The zero-order valence-corrected chi connectivity index (χ0v) is 55.5. The highest BCUT2D eigenvalue weighted by atomic mass is 16.5. The Bertz CT molecular complexity index is 1330. The summed E-state index contributed by atoms with van der Waals surface area (Å²) < 4.78 is 5.49.